The van der Waals surface area contributed by atoms with E-state index in [0.29, 0.717) is 33.6 Å². The fourth-order valence-corrected chi connectivity index (χ4v) is 3.30. The van der Waals surface area contributed by atoms with Crippen LogP contribution in [-0.2, 0) is 0 Å². The molecule has 3 heterocycles. The molecule has 0 N–H and O–H groups in total. The number of hydrogen-bond acceptors (Lipinski definition) is 4. The number of hydrogen-bond donors (Lipinski definition) is 0. The van der Waals surface area contributed by atoms with Crippen LogP contribution in [0.25, 0.3) is 11.2 Å². The Bertz CT molecular complexity index is 1250. The van der Waals surface area contributed by atoms with Gasteiger partial charge in [-0.05, 0) is 42.8 Å². The molecule has 4 rings (SSSR count). The van der Waals surface area contributed by atoms with Gasteiger partial charge in [-0.15, -0.1) is 0 Å². The van der Waals surface area contributed by atoms with Crippen molar-refractivity contribution in [2.45, 2.75) is 12.6 Å². The Morgan fingerprint density at radius 2 is 2.00 bits per heavy atom. The van der Waals surface area contributed by atoms with Crippen molar-refractivity contribution < 1.29 is 18.0 Å². The summed E-state index contributed by atoms with van der Waals surface area (Å²) in [5.41, 5.74) is 3.00. The van der Waals surface area contributed by atoms with Crippen LogP contribution >= 0.6 is 0 Å². The Labute approximate surface area is 175 Å². The summed E-state index contributed by atoms with van der Waals surface area (Å²) in [5.74, 6) is -1.88. The Balaban J connectivity index is 1.63. The summed E-state index contributed by atoms with van der Waals surface area (Å²) in [6, 6.07) is 11.9. The third-order valence-corrected chi connectivity index (χ3v) is 5.11. The highest BCUT2D eigenvalue weighted by atomic mass is 19.4. The lowest BCUT2D eigenvalue weighted by atomic mass is 10.0. The summed E-state index contributed by atoms with van der Waals surface area (Å²) in [5, 5.41) is 13.1. The van der Waals surface area contributed by atoms with Crippen molar-refractivity contribution in [1.29, 1.82) is 5.26 Å². The van der Waals surface area contributed by atoms with E-state index in [2.05, 4.69) is 10.1 Å². The molecular weight excluding hydrogens is 407 g/mol. The van der Waals surface area contributed by atoms with E-state index in [0.717, 1.165) is 6.21 Å². The SMILES string of the molecule is CN(C(=O)c1ccn2ncc(C3=CCC(C(F)(F)F)C=N3)c2c1)c1ccc(C#N)cc1. The highest BCUT2D eigenvalue weighted by molar-refractivity contribution is 6.06. The predicted molar refractivity (Wildman–Crippen MR) is 110 cm³/mol. The molecule has 0 aliphatic carbocycles. The van der Waals surface area contributed by atoms with Gasteiger partial charge in [0.15, 0.2) is 0 Å². The van der Waals surface area contributed by atoms with E-state index in [4.69, 9.17) is 5.26 Å². The van der Waals surface area contributed by atoms with Crippen LogP contribution in [-0.4, -0.2) is 35.0 Å². The summed E-state index contributed by atoms with van der Waals surface area (Å²) in [6.45, 7) is 0. The van der Waals surface area contributed by atoms with Crippen LogP contribution < -0.4 is 4.90 Å². The molecule has 0 saturated heterocycles. The van der Waals surface area contributed by atoms with Crippen LogP contribution in [0.4, 0.5) is 18.9 Å². The number of nitriles is 1. The summed E-state index contributed by atoms with van der Waals surface area (Å²) in [7, 11) is 1.62. The van der Waals surface area contributed by atoms with Gasteiger partial charge in [0.25, 0.3) is 5.91 Å². The first-order valence-corrected chi connectivity index (χ1v) is 9.35. The van der Waals surface area contributed by atoms with Crippen molar-refractivity contribution >= 4 is 29.0 Å². The van der Waals surface area contributed by atoms with E-state index in [1.807, 2.05) is 6.07 Å². The van der Waals surface area contributed by atoms with Gasteiger partial charge in [-0.3, -0.25) is 9.79 Å². The zero-order chi connectivity index (χ0) is 22.2. The van der Waals surface area contributed by atoms with Crippen LogP contribution in [0.2, 0.25) is 0 Å². The number of halogens is 3. The third kappa shape index (κ3) is 3.92. The number of fused-ring (bicyclic) bond motifs is 1. The predicted octanol–water partition coefficient (Wildman–Crippen LogP) is 4.48. The zero-order valence-corrected chi connectivity index (χ0v) is 16.3. The Morgan fingerprint density at radius 1 is 1.26 bits per heavy atom. The molecule has 31 heavy (non-hydrogen) atoms. The molecule has 1 atom stereocenters. The summed E-state index contributed by atoms with van der Waals surface area (Å²) in [6.07, 6.45) is 0.955. The molecule has 9 heteroatoms. The van der Waals surface area contributed by atoms with Crippen molar-refractivity contribution in [3.8, 4) is 6.07 Å². The number of alkyl halides is 3. The third-order valence-electron chi connectivity index (χ3n) is 5.11. The van der Waals surface area contributed by atoms with Gasteiger partial charge in [0, 0.05) is 36.3 Å². The lowest BCUT2D eigenvalue weighted by molar-refractivity contribution is -0.153. The standard InChI is InChI=1S/C22H16F3N5O/c1-29(17-5-2-14(11-26)3-6-17)21(31)15-8-9-30-20(10-15)18(13-28-30)19-7-4-16(12-27-19)22(23,24)25/h2-3,5-10,12-13,16H,4H2,1H3. The van der Waals surface area contributed by atoms with E-state index in [1.165, 1.54) is 17.2 Å². The van der Waals surface area contributed by atoms with E-state index < -0.39 is 12.1 Å². The number of carbonyl (C=O) groups excluding carboxylic acids is 1. The Hall–Kier alpha value is -3.93. The van der Waals surface area contributed by atoms with Gasteiger partial charge in [0.1, 0.15) is 0 Å². The summed E-state index contributed by atoms with van der Waals surface area (Å²) < 4.78 is 40.1. The molecule has 0 saturated carbocycles. The average Bonchev–Trinajstić information content (AvgIpc) is 3.21. The van der Waals surface area contributed by atoms with Crippen molar-refractivity contribution in [3.63, 3.8) is 0 Å². The minimum atomic E-state index is -4.33. The minimum absolute atomic E-state index is 0.195. The normalized spacial score (nSPS) is 16.1. The molecule has 0 radical (unpaired) electrons. The number of pyridine rings is 1. The number of rotatable bonds is 3. The minimum Gasteiger partial charge on any atom is -0.311 e. The van der Waals surface area contributed by atoms with E-state index in [1.54, 1.807) is 54.2 Å². The maximum Gasteiger partial charge on any atom is 0.396 e. The molecular formula is C22H16F3N5O. The number of allylic oxidation sites excluding steroid dienone is 1. The average molecular weight is 423 g/mol. The van der Waals surface area contributed by atoms with Crippen molar-refractivity contribution in [2.24, 2.45) is 10.9 Å². The second-order valence-corrected chi connectivity index (χ2v) is 7.08. The van der Waals surface area contributed by atoms with Gasteiger partial charge >= 0.3 is 6.18 Å². The van der Waals surface area contributed by atoms with Crippen LogP contribution in [0.1, 0.15) is 27.9 Å². The molecule has 0 spiro atoms. The highest BCUT2D eigenvalue weighted by Gasteiger charge is 2.38. The van der Waals surface area contributed by atoms with Crippen LogP contribution in [0.15, 0.2) is 59.9 Å². The molecule has 3 aromatic rings. The van der Waals surface area contributed by atoms with Crippen LogP contribution in [0, 0.1) is 17.2 Å². The molecule has 6 nitrogen and oxygen atoms in total. The molecule has 0 bridgehead atoms. The maximum absolute atomic E-state index is 13.0. The smallest absolute Gasteiger partial charge is 0.311 e. The van der Waals surface area contributed by atoms with E-state index in [-0.39, 0.29) is 12.3 Å². The number of nitrogens with zero attached hydrogens (tertiary/aromatic N) is 5. The molecule has 1 aliphatic heterocycles. The number of amides is 1. The molecule has 156 valence electrons. The molecule has 1 amide bonds. The molecule has 0 fully saturated rings. The first-order chi connectivity index (χ1) is 14.8. The zero-order valence-electron chi connectivity index (χ0n) is 16.3. The molecule has 1 unspecified atom stereocenters. The number of benzene rings is 1. The lowest BCUT2D eigenvalue weighted by Crippen LogP contribution is -2.26. The number of aromatic nitrogens is 2. The van der Waals surface area contributed by atoms with Crippen LogP contribution in [0.5, 0.6) is 0 Å². The summed E-state index contributed by atoms with van der Waals surface area (Å²) in [4.78, 5) is 18.4. The van der Waals surface area contributed by atoms with Crippen molar-refractivity contribution in [2.75, 3.05) is 11.9 Å². The maximum atomic E-state index is 13.0. The van der Waals surface area contributed by atoms with Crippen molar-refractivity contribution in [3.05, 3.63) is 71.6 Å². The first-order valence-electron chi connectivity index (χ1n) is 9.35. The Morgan fingerprint density at radius 3 is 2.61 bits per heavy atom. The van der Waals surface area contributed by atoms with Gasteiger partial charge in [0.2, 0.25) is 0 Å². The molecule has 2 aromatic heterocycles. The second-order valence-electron chi connectivity index (χ2n) is 7.08. The molecule has 1 aromatic carbocycles. The fourth-order valence-electron chi connectivity index (χ4n) is 3.30. The Kier molecular flexibility index (Phi) is 5.07. The number of carbonyl (C=O) groups is 1. The largest absolute Gasteiger partial charge is 0.396 e. The van der Waals surface area contributed by atoms with Gasteiger partial charge in [-0.1, -0.05) is 6.08 Å². The van der Waals surface area contributed by atoms with Gasteiger partial charge in [-0.2, -0.15) is 23.5 Å². The van der Waals surface area contributed by atoms with Gasteiger partial charge < -0.3 is 4.90 Å². The van der Waals surface area contributed by atoms with Gasteiger partial charge in [0.05, 0.1) is 35.0 Å². The molecule has 1 aliphatic rings. The number of anilines is 1. The monoisotopic (exact) mass is 423 g/mol. The fraction of sp³-hybridized carbons (Fsp3) is 0.182. The van der Waals surface area contributed by atoms with Gasteiger partial charge in [-0.25, -0.2) is 4.52 Å². The second kappa shape index (κ2) is 7.72. The lowest BCUT2D eigenvalue weighted by Gasteiger charge is -2.18. The van der Waals surface area contributed by atoms with E-state index in [9.17, 15) is 18.0 Å². The van der Waals surface area contributed by atoms with E-state index >= 15 is 0 Å². The van der Waals surface area contributed by atoms with Crippen molar-refractivity contribution in [1.82, 2.24) is 9.61 Å². The topological polar surface area (TPSA) is 73.8 Å². The van der Waals surface area contributed by atoms with Crippen LogP contribution in [0.3, 0.4) is 0 Å². The number of aliphatic imine (C=N–C) groups is 1. The highest BCUT2D eigenvalue weighted by Crippen LogP contribution is 2.33. The quantitative estimate of drug-likeness (QED) is 0.624. The summed E-state index contributed by atoms with van der Waals surface area (Å²) >= 11 is 0. The first kappa shape index (κ1) is 20.3.